The van der Waals surface area contributed by atoms with Gasteiger partial charge in [0.05, 0.1) is 30.6 Å². The van der Waals surface area contributed by atoms with Crippen LogP contribution in [0.1, 0.15) is 56.6 Å². The molecular weight excluding hydrogens is 434 g/mol. The van der Waals surface area contributed by atoms with Crippen LogP contribution < -0.4 is 20.3 Å². The minimum absolute atomic E-state index is 0.0671. The van der Waals surface area contributed by atoms with E-state index in [0.717, 1.165) is 16.9 Å². The van der Waals surface area contributed by atoms with Gasteiger partial charge in [-0.05, 0) is 62.0 Å². The number of carbonyl (C=O) groups is 1. The number of carbonyl (C=O) groups excluding carboxylic acids is 1. The van der Waals surface area contributed by atoms with Gasteiger partial charge >= 0.3 is 0 Å². The van der Waals surface area contributed by atoms with E-state index in [4.69, 9.17) is 17.0 Å². The van der Waals surface area contributed by atoms with E-state index >= 15 is 0 Å². The predicted molar refractivity (Wildman–Crippen MR) is 135 cm³/mol. The molecule has 1 saturated heterocycles. The fourth-order valence-electron chi connectivity index (χ4n) is 4.07. The zero-order valence-corrected chi connectivity index (χ0v) is 20.1. The van der Waals surface area contributed by atoms with Crippen molar-refractivity contribution in [3.05, 3.63) is 72.3 Å². The minimum Gasteiger partial charge on any atom is -0.494 e. The lowest BCUT2D eigenvalue weighted by atomic mass is 9.98. The second-order valence-electron chi connectivity index (χ2n) is 8.27. The van der Waals surface area contributed by atoms with Crippen LogP contribution in [-0.4, -0.2) is 27.7 Å². The van der Waals surface area contributed by atoms with Crippen molar-refractivity contribution >= 4 is 34.6 Å². The van der Waals surface area contributed by atoms with Crippen molar-refractivity contribution in [3.63, 3.8) is 0 Å². The Morgan fingerprint density at radius 2 is 2.09 bits per heavy atom. The molecule has 1 aromatic carbocycles. The molecule has 0 radical (unpaired) electrons. The van der Waals surface area contributed by atoms with Gasteiger partial charge in [0.15, 0.2) is 5.11 Å². The molecule has 8 heteroatoms. The lowest BCUT2D eigenvalue weighted by molar-refractivity contribution is -0.115. The maximum Gasteiger partial charge on any atom is 0.224 e. The van der Waals surface area contributed by atoms with E-state index in [1.807, 2.05) is 43.3 Å². The number of benzene rings is 1. The standard InChI is InChI=1S/C25H29N5O2S/c1-5-22(31)27-19-10-9-18(14-21(19)32-4)30-24(17-11-13-29(15-17)16(2)3)23(28-25(30)33)20-8-6-7-12-26-20/h6-16,23-24H,5H2,1-4H3,(H,27,31)(H,28,33). The monoisotopic (exact) mass is 463 g/mol. The van der Waals surface area contributed by atoms with E-state index in [0.29, 0.717) is 29.0 Å². The van der Waals surface area contributed by atoms with Gasteiger partial charge in [-0.1, -0.05) is 13.0 Å². The van der Waals surface area contributed by atoms with Crippen molar-refractivity contribution in [3.8, 4) is 5.75 Å². The average molecular weight is 464 g/mol. The summed E-state index contributed by atoms with van der Waals surface area (Å²) in [4.78, 5) is 18.6. The van der Waals surface area contributed by atoms with Crippen LogP contribution in [0.25, 0.3) is 0 Å². The van der Waals surface area contributed by atoms with E-state index in [9.17, 15) is 4.79 Å². The van der Waals surface area contributed by atoms with Crippen LogP contribution in [0, 0.1) is 0 Å². The summed E-state index contributed by atoms with van der Waals surface area (Å²) < 4.78 is 7.78. The van der Waals surface area contributed by atoms with Crippen LogP contribution in [0.15, 0.2) is 61.1 Å². The Bertz CT molecular complexity index is 1140. The molecule has 1 aliphatic heterocycles. The molecule has 3 heterocycles. The maximum atomic E-state index is 11.9. The molecular formula is C25H29N5O2S. The Hall–Kier alpha value is -3.39. The van der Waals surface area contributed by atoms with Crippen LogP contribution in [0.4, 0.5) is 11.4 Å². The molecule has 7 nitrogen and oxygen atoms in total. The van der Waals surface area contributed by atoms with Crippen molar-refractivity contribution in [1.82, 2.24) is 14.9 Å². The molecule has 1 aliphatic rings. The lowest BCUT2D eigenvalue weighted by Crippen LogP contribution is -2.29. The zero-order valence-electron chi connectivity index (χ0n) is 19.3. The number of thiocarbonyl (C=S) groups is 1. The molecule has 0 saturated carbocycles. The average Bonchev–Trinajstić information content (AvgIpc) is 3.44. The quantitative estimate of drug-likeness (QED) is 0.481. The van der Waals surface area contributed by atoms with Crippen LogP contribution in [0.3, 0.4) is 0 Å². The van der Waals surface area contributed by atoms with Crippen molar-refractivity contribution in [2.45, 2.75) is 45.3 Å². The Balaban J connectivity index is 1.78. The van der Waals surface area contributed by atoms with Gasteiger partial charge in [-0.3, -0.25) is 9.78 Å². The van der Waals surface area contributed by atoms with Gasteiger partial charge in [0.25, 0.3) is 0 Å². The summed E-state index contributed by atoms with van der Waals surface area (Å²) in [5.74, 6) is 0.513. The van der Waals surface area contributed by atoms with Crippen LogP contribution in [0.2, 0.25) is 0 Å². The summed E-state index contributed by atoms with van der Waals surface area (Å²) in [5.41, 5.74) is 3.56. The van der Waals surface area contributed by atoms with Gasteiger partial charge < -0.3 is 24.8 Å². The Morgan fingerprint density at radius 1 is 1.27 bits per heavy atom. The van der Waals surface area contributed by atoms with Gasteiger partial charge in [0, 0.05) is 42.8 Å². The van der Waals surface area contributed by atoms with Gasteiger partial charge in [-0.15, -0.1) is 0 Å². The number of nitrogens with zero attached hydrogens (tertiary/aromatic N) is 3. The third-order valence-corrected chi connectivity index (χ3v) is 6.15. The van der Waals surface area contributed by atoms with E-state index in [2.05, 4.69) is 57.4 Å². The van der Waals surface area contributed by atoms with Gasteiger partial charge in [-0.25, -0.2) is 0 Å². The van der Waals surface area contributed by atoms with E-state index in [-0.39, 0.29) is 18.0 Å². The SMILES string of the molecule is CCC(=O)Nc1ccc(N2C(=S)NC(c3ccccn3)C2c2ccn(C(C)C)c2)cc1OC. The highest BCUT2D eigenvalue weighted by Crippen LogP contribution is 2.43. The summed E-state index contributed by atoms with van der Waals surface area (Å²) in [5, 5.41) is 6.97. The molecule has 0 spiro atoms. The van der Waals surface area contributed by atoms with E-state index in [1.165, 1.54) is 0 Å². The normalized spacial score (nSPS) is 17.8. The molecule has 0 bridgehead atoms. The molecule has 172 valence electrons. The molecule has 33 heavy (non-hydrogen) atoms. The van der Waals surface area contributed by atoms with Crippen LogP contribution >= 0.6 is 12.2 Å². The van der Waals surface area contributed by atoms with Gasteiger partial charge in [0.2, 0.25) is 5.91 Å². The number of ether oxygens (including phenoxy) is 1. The molecule has 2 aromatic heterocycles. The number of hydrogen-bond acceptors (Lipinski definition) is 4. The Labute approximate surface area is 199 Å². The number of pyridine rings is 1. The highest BCUT2D eigenvalue weighted by molar-refractivity contribution is 7.80. The first-order valence-electron chi connectivity index (χ1n) is 11.1. The fraction of sp³-hybridized carbons (Fsp3) is 0.320. The third kappa shape index (κ3) is 4.57. The van der Waals surface area contributed by atoms with Crippen molar-refractivity contribution in [2.75, 3.05) is 17.3 Å². The molecule has 2 atom stereocenters. The highest BCUT2D eigenvalue weighted by Gasteiger charge is 2.41. The van der Waals surface area contributed by atoms with E-state index < -0.39 is 0 Å². The number of amides is 1. The lowest BCUT2D eigenvalue weighted by Gasteiger charge is -2.28. The van der Waals surface area contributed by atoms with E-state index in [1.54, 1.807) is 13.3 Å². The molecule has 2 N–H and O–H groups in total. The van der Waals surface area contributed by atoms with Crippen molar-refractivity contribution < 1.29 is 9.53 Å². The van der Waals surface area contributed by atoms with Gasteiger partial charge in [-0.2, -0.15) is 0 Å². The molecule has 3 aromatic rings. The number of hydrogen-bond donors (Lipinski definition) is 2. The number of rotatable bonds is 7. The summed E-state index contributed by atoms with van der Waals surface area (Å²) in [6, 6.07) is 13.9. The topological polar surface area (TPSA) is 71.4 Å². The molecule has 1 amide bonds. The Kier molecular flexibility index (Phi) is 6.65. The number of methoxy groups -OCH3 is 1. The summed E-state index contributed by atoms with van der Waals surface area (Å²) in [7, 11) is 1.60. The first kappa shape index (κ1) is 22.8. The van der Waals surface area contributed by atoms with Gasteiger partial charge in [0.1, 0.15) is 5.75 Å². The summed E-state index contributed by atoms with van der Waals surface area (Å²) in [6.07, 6.45) is 6.46. The number of nitrogens with one attached hydrogen (secondary N) is 2. The largest absolute Gasteiger partial charge is 0.494 e. The molecule has 2 unspecified atom stereocenters. The number of aromatic nitrogens is 2. The summed E-state index contributed by atoms with van der Waals surface area (Å²) >= 11 is 5.81. The molecule has 1 fully saturated rings. The Morgan fingerprint density at radius 3 is 2.73 bits per heavy atom. The van der Waals surface area contributed by atoms with Crippen molar-refractivity contribution in [2.24, 2.45) is 0 Å². The second kappa shape index (κ2) is 9.62. The highest BCUT2D eigenvalue weighted by atomic mass is 32.1. The minimum atomic E-state index is -0.118. The van der Waals surface area contributed by atoms with Crippen molar-refractivity contribution in [1.29, 1.82) is 0 Å². The third-order valence-electron chi connectivity index (χ3n) is 5.83. The maximum absolute atomic E-state index is 11.9. The van der Waals surface area contributed by atoms with Crippen LogP contribution in [0.5, 0.6) is 5.75 Å². The second-order valence-corrected chi connectivity index (χ2v) is 8.66. The molecule has 0 aliphatic carbocycles. The zero-order chi connectivity index (χ0) is 23.5. The fourth-order valence-corrected chi connectivity index (χ4v) is 4.42. The molecule has 4 rings (SSSR count). The smallest absolute Gasteiger partial charge is 0.224 e. The number of anilines is 2. The summed E-state index contributed by atoms with van der Waals surface area (Å²) in [6.45, 7) is 6.13. The first-order valence-corrected chi connectivity index (χ1v) is 11.5. The predicted octanol–water partition coefficient (Wildman–Crippen LogP) is 5.00. The first-order chi connectivity index (χ1) is 15.9. The van der Waals surface area contributed by atoms with Crippen LogP contribution in [-0.2, 0) is 4.79 Å².